The lowest BCUT2D eigenvalue weighted by atomic mass is 10.2. The van der Waals surface area contributed by atoms with Crippen LogP contribution >= 0.6 is 12.2 Å². The van der Waals surface area contributed by atoms with Crippen LogP contribution in [0.3, 0.4) is 0 Å². The minimum atomic E-state index is 0.0986. The summed E-state index contributed by atoms with van der Waals surface area (Å²) in [6.07, 6.45) is 1.85. The van der Waals surface area contributed by atoms with Crippen molar-refractivity contribution in [2.24, 2.45) is 0 Å². The number of pyridine rings is 1. The summed E-state index contributed by atoms with van der Waals surface area (Å²) >= 11 is 5.30. The Hall–Kier alpha value is -2.34. The summed E-state index contributed by atoms with van der Waals surface area (Å²) in [4.78, 5) is 4.23. The van der Waals surface area contributed by atoms with Crippen LogP contribution in [0.15, 0.2) is 36.5 Å². The Labute approximate surface area is 148 Å². The maximum absolute atomic E-state index is 5.72. The van der Waals surface area contributed by atoms with Crippen LogP contribution in [-0.2, 0) is 6.54 Å². The number of hydrogen-bond donors (Lipinski definition) is 2. The highest BCUT2D eigenvalue weighted by Gasteiger charge is 2.08. The first-order valence-corrected chi connectivity index (χ1v) is 8.20. The summed E-state index contributed by atoms with van der Waals surface area (Å²) in [5.41, 5.74) is 2.17. The zero-order chi connectivity index (χ0) is 17.5. The first-order chi connectivity index (χ1) is 11.5. The molecule has 1 aromatic carbocycles. The molecule has 1 aromatic heterocycles. The van der Waals surface area contributed by atoms with Gasteiger partial charge in [-0.15, -0.1) is 0 Å². The fourth-order valence-corrected chi connectivity index (χ4v) is 2.30. The third-order valence-electron chi connectivity index (χ3n) is 3.20. The molecular weight excluding hydrogens is 322 g/mol. The molecule has 1 heterocycles. The van der Waals surface area contributed by atoms with Crippen LogP contribution in [0.25, 0.3) is 0 Å². The van der Waals surface area contributed by atoms with E-state index in [0.717, 1.165) is 22.7 Å². The Kier molecular flexibility index (Phi) is 6.37. The van der Waals surface area contributed by atoms with E-state index in [1.165, 1.54) is 0 Å². The highest BCUT2D eigenvalue weighted by atomic mass is 32.1. The molecule has 0 bridgehead atoms. The summed E-state index contributed by atoms with van der Waals surface area (Å²) in [5, 5.41) is 6.76. The molecule has 0 spiro atoms. The van der Waals surface area contributed by atoms with Gasteiger partial charge in [-0.3, -0.25) is 0 Å². The van der Waals surface area contributed by atoms with Gasteiger partial charge in [-0.05, 0) is 68.4 Å². The summed E-state index contributed by atoms with van der Waals surface area (Å²) in [6.45, 7) is 6.56. The molecule has 0 aliphatic rings. The lowest BCUT2D eigenvalue weighted by Gasteiger charge is -2.15. The van der Waals surface area contributed by atoms with Gasteiger partial charge in [0, 0.05) is 12.7 Å². The molecule has 0 atom stereocenters. The average molecular weight is 345 g/mol. The molecule has 0 saturated heterocycles. The van der Waals surface area contributed by atoms with E-state index in [1.807, 2.05) is 51.1 Å². The topological polar surface area (TPSA) is 55.4 Å². The second-order valence-electron chi connectivity index (χ2n) is 5.68. The standard InChI is InChI=1S/C18H23N3O2S/c1-12(2)23-15-6-5-14(10-16(15)22-4)11-20-18(24)21-17-9-13(3)7-8-19-17/h5-10,12H,11H2,1-4H3,(H2,19,20,21,24). The molecule has 0 aliphatic heterocycles. The second kappa shape index (κ2) is 8.49. The minimum absolute atomic E-state index is 0.0986. The van der Waals surface area contributed by atoms with Gasteiger partial charge in [-0.25, -0.2) is 4.98 Å². The van der Waals surface area contributed by atoms with E-state index in [4.69, 9.17) is 21.7 Å². The van der Waals surface area contributed by atoms with Crippen molar-refractivity contribution in [2.75, 3.05) is 12.4 Å². The summed E-state index contributed by atoms with van der Waals surface area (Å²) in [6, 6.07) is 9.72. The van der Waals surface area contributed by atoms with Gasteiger partial charge < -0.3 is 20.1 Å². The molecule has 2 rings (SSSR count). The smallest absolute Gasteiger partial charge is 0.172 e. The number of nitrogens with zero attached hydrogens (tertiary/aromatic N) is 1. The quantitative estimate of drug-likeness (QED) is 0.779. The van der Waals surface area contributed by atoms with Crippen molar-refractivity contribution in [1.82, 2.24) is 10.3 Å². The van der Waals surface area contributed by atoms with Gasteiger partial charge in [0.05, 0.1) is 13.2 Å². The fraction of sp³-hybridized carbons (Fsp3) is 0.333. The first-order valence-electron chi connectivity index (χ1n) is 7.79. The molecule has 0 radical (unpaired) electrons. The highest BCUT2D eigenvalue weighted by Crippen LogP contribution is 2.28. The van der Waals surface area contributed by atoms with Crippen LogP contribution < -0.4 is 20.1 Å². The van der Waals surface area contributed by atoms with Crippen molar-refractivity contribution < 1.29 is 9.47 Å². The molecule has 2 N–H and O–H groups in total. The number of ether oxygens (including phenoxy) is 2. The number of methoxy groups -OCH3 is 1. The largest absolute Gasteiger partial charge is 0.493 e. The number of rotatable bonds is 6. The van der Waals surface area contributed by atoms with Crippen LogP contribution in [0.5, 0.6) is 11.5 Å². The van der Waals surface area contributed by atoms with Crippen molar-refractivity contribution in [1.29, 1.82) is 0 Å². The number of aryl methyl sites for hydroxylation is 1. The van der Waals surface area contributed by atoms with Crippen LogP contribution in [0.1, 0.15) is 25.0 Å². The zero-order valence-electron chi connectivity index (χ0n) is 14.4. The predicted molar refractivity (Wildman–Crippen MR) is 101 cm³/mol. The van der Waals surface area contributed by atoms with E-state index in [2.05, 4.69) is 15.6 Å². The van der Waals surface area contributed by atoms with E-state index < -0.39 is 0 Å². The SMILES string of the molecule is COc1cc(CNC(=S)Nc2cc(C)ccn2)ccc1OC(C)C. The first kappa shape index (κ1) is 18.0. The van der Waals surface area contributed by atoms with Crippen molar-refractivity contribution in [3.8, 4) is 11.5 Å². The van der Waals surface area contributed by atoms with Gasteiger partial charge in [-0.1, -0.05) is 6.07 Å². The van der Waals surface area contributed by atoms with Gasteiger partial charge in [0.25, 0.3) is 0 Å². The third kappa shape index (κ3) is 5.38. The molecular formula is C18H23N3O2S. The molecule has 5 nitrogen and oxygen atoms in total. The molecule has 0 unspecified atom stereocenters. The monoisotopic (exact) mass is 345 g/mol. The molecule has 128 valence electrons. The number of benzene rings is 1. The molecule has 0 aliphatic carbocycles. The Balaban J connectivity index is 1.94. The van der Waals surface area contributed by atoms with Crippen molar-refractivity contribution >= 4 is 23.1 Å². The van der Waals surface area contributed by atoms with E-state index in [1.54, 1.807) is 13.3 Å². The zero-order valence-corrected chi connectivity index (χ0v) is 15.2. The number of nitrogens with one attached hydrogen (secondary N) is 2. The van der Waals surface area contributed by atoms with E-state index in [0.29, 0.717) is 17.4 Å². The van der Waals surface area contributed by atoms with Gasteiger partial charge in [0.1, 0.15) is 5.82 Å². The van der Waals surface area contributed by atoms with Gasteiger partial charge in [0.15, 0.2) is 16.6 Å². The van der Waals surface area contributed by atoms with E-state index >= 15 is 0 Å². The van der Waals surface area contributed by atoms with E-state index in [-0.39, 0.29) is 6.10 Å². The van der Waals surface area contributed by atoms with Crippen molar-refractivity contribution in [3.05, 3.63) is 47.7 Å². The van der Waals surface area contributed by atoms with Crippen molar-refractivity contribution in [3.63, 3.8) is 0 Å². The van der Waals surface area contributed by atoms with Crippen LogP contribution in [-0.4, -0.2) is 23.3 Å². The number of aromatic nitrogens is 1. The molecule has 0 fully saturated rings. The Morgan fingerprint density at radius 2 is 2.00 bits per heavy atom. The number of thiocarbonyl (C=S) groups is 1. The van der Waals surface area contributed by atoms with Crippen LogP contribution in [0.4, 0.5) is 5.82 Å². The fourth-order valence-electron chi connectivity index (χ4n) is 2.12. The Morgan fingerprint density at radius 1 is 1.21 bits per heavy atom. The summed E-state index contributed by atoms with van der Waals surface area (Å²) in [5.74, 6) is 2.17. The molecule has 24 heavy (non-hydrogen) atoms. The third-order valence-corrected chi connectivity index (χ3v) is 3.45. The normalized spacial score (nSPS) is 10.4. The number of hydrogen-bond acceptors (Lipinski definition) is 4. The van der Waals surface area contributed by atoms with Gasteiger partial charge in [0.2, 0.25) is 0 Å². The van der Waals surface area contributed by atoms with Gasteiger partial charge in [-0.2, -0.15) is 0 Å². The predicted octanol–water partition coefficient (Wildman–Crippen LogP) is 3.67. The second-order valence-corrected chi connectivity index (χ2v) is 6.09. The highest BCUT2D eigenvalue weighted by molar-refractivity contribution is 7.80. The Bertz CT molecular complexity index is 704. The van der Waals surface area contributed by atoms with E-state index in [9.17, 15) is 0 Å². The maximum Gasteiger partial charge on any atom is 0.172 e. The molecule has 0 saturated carbocycles. The Morgan fingerprint density at radius 3 is 2.67 bits per heavy atom. The maximum atomic E-state index is 5.72. The number of anilines is 1. The van der Waals surface area contributed by atoms with Crippen LogP contribution in [0, 0.1) is 6.92 Å². The lowest BCUT2D eigenvalue weighted by molar-refractivity contribution is 0.230. The summed E-state index contributed by atoms with van der Waals surface area (Å²) < 4.78 is 11.1. The minimum Gasteiger partial charge on any atom is -0.493 e. The molecule has 0 amide bonds. The molecule has 2 aromatic rings. The average Bonchev–Trinajstić information content (AvgIpc) is 2.53. The summed E-state index contributed by atoms with van der Waals surface area (Å²) in [7, 11) is 1.63. The van der Waals surface area contributed by atoms with Gasteiger partial charge >= 0.3 is 0 Å². The van der Waals surface area contributed by atoms with Crippen LogP contribution in [0.2, 0.25) is 0 Å². The molecule has 6 heteroatoms. The lowest BCUT2D eigenvalue weighted by Crippen LogP contribution is -2.28. The van der Waals surface area contributed by atoms with Crippen molar-refractivity contribution in [2.45, 2.75) is 33.4 Å².